The number of aromatic nitrogens is 1. The van der Waals surface area contributed by atoms with E-state index in [2.05, 4.69) is 4.98 Å². The summed E-state index contributed by atoms with van der Waals surface area (Å²) in [4.78, 5) is 15.4. The first kappa shape index (κ1) is 14.5. The van der Waals surface area contributed by atoms with Gasteiger partial charge in [0, 0.05) is 12.1 Å². The van der Waals surface area contributed by atoms with Crippen molar-refractivity contribution < 1.29 is 18.3 Å². The fraction of sp³-hybridized carbons (Fsp3) is 0.500. The summed E-state index contributed by atoms with van der Waals surface area (Å²) in [6.07, 6.45) is -2.94. The number of esters is 1. The van der Waals surface area contributed by atoms with Crippen molar-refractivity contribution in [3.05, 3.63) is 28.6 Å². The summed E-state index contributed by atoms with van der Waals surface area (Å²) in [5.74, 6) is -0.571. The third kappa shape index (κ3) is 3.46. The molecule has 0 bridgehead atoms. The molecule has 0 radical (unpaired) electrons. The minimum atomic E-state index is -2.67. The van der Waals surface area contributed by atoms with Crippen molar-refractivity contribution in [2.75, 3.05) is 6.61 Å². The summed E-state index contributed by atoms with van der Waals surface area (Å²) in [7, 11) is 0. The number of pyridine rings is 1. The Morgan fingerprint density at radius 1 is 1.50 bits per heavy atom. The van der Waals surface area contributed by atoms with Crippen molar-refractivity contribution in [3.8, 4) is 0 Å². The van der Waals surface area contributed by atoms with Crippen molar-refractivity contribution in [2.24, 2.45) is 5.73 Å². The summed E-state index contributed by atoms with van der Waals surface area (Å²) in [5, 5.41) is 0. The maximum atomic E-state index is 12.9. The molecule has 0 aromatic carbocycles. The normalized spacial score (nSPS) is 10.8. The maximum Gasteiger partial charge on any atom is 0.311 e. The Morgan fingerprint density at radius 3 is 2.67 bits per heavy atom. The third-order valence-electron chi connectivity index (χ3n) is 2.48. The predicted octanol–water partition coefficient (Wildman–Crippen LogP) is 1.89. The second kappa shape index (κ2) is 6.39. The molecule has 0 saturated heterocycles. The molecule has 1 aromatic heterocycles. The summed E-state index contributed by atoms with van der Waals surface area (Å²) >= 11 is 0. The highest BCUT2D eigenvalue weighted by Crippen LogP contribution is 2.24. The SMILES string of the molecule is CCOC(=O)Cc1nc(CN)c(C)cc1C(F)F. The van der Waals surface area contributed by atoms with Gasteiger partial charge < -0.3 is 10.5 Å². The smallest absolute Gasteiger partial charge is 0.311 e. The molecule has 0 amide bonds. The Hall–Kier alpha value is -1.56. The van der Waals surface area contributed by atoms with Crippen molar-refractivity contribution in [1.82, 2.24) is 4.98 Å². The zero-order valence-electron chi connectivity index (χ0n) is 10.4. The molecule has 0 unspecified atom stereocenters. The van der Waals surface area contributed by atoms with E-state index in [4.69, 9.17) is 10.5 Å². The fourth-order valence-corrected chi connectivity index (χ4v) is 1.60. The molecule has 0 aliphatic heterocycles. The molecule has 1 rings (SSSR count). The third-order valence-corrected chi connectivity index (χ3v) is 2.48. The van der Waals surface area contributed by atoms with Crippen LogP contribution in [0.15, 0.2) is 6.07 Å². The van der Waals surface area contributed by atoms with E-state index in [0.717, 1.165) is 0 Å². The summed E-state index contributed by atoms with van der Waals surface area (Å²) < 4.78 is 30.4. The van der Waals surface area contributed by atoms with Crippen molar-refractivity contribution in [2.45, 2.75) is 33.2 Å². The number of halogens is 2. The molecule has 2 N–H and O–H groups in total. The van der Waals surface area contributed by atoms with Gasteiger partial charge in [0.25, 0.3) is 6.43 Å². The van der Waals surface area contributed by atoms with Gasteiger partial charge in [-0.3, -0.25) is 9.78 Å². The Balaban J connectivity index is 3.10. The quantitative estimate of drug-likeness (QED) is 0.819. The zero-order valence-corrected chi connectivity index (χ0v) is 10.4. The lowest BCUT2D eigenvalue weighted by Gasteiger charge is -2.12. The van der Waals surface area contributed by atoms with Crippen LogP contribution in [0.1, 0.15) is 35.9 Å². The van der Waals surface area contributed by atoms with Crippen LogP contribution in [0.5, 0.6) is 0 Å². The Labute approximate surface area is 104 Å². The average molecular weight is 258 g/mol. The van der Waals surface area contributed by atoms with Gasteiger partial charge in [-0.2, -0.15) is 0 Å². The van der Waals surface area contributed by atoms with Gasteiger partial charge >= 0.3 is 5.97 Å². The highest BCUT2D eigenvalue weighted by molar-refractivity contribution is 5.72. The first-order valence-corrected chi connectivity index (χ1v) is 5.62. The molecule has 6 heteroatoms. The van der Waals surface area contributed by atoms with E-state index in [1.54, 1.807) is 13.8 Å². The van der Waals surface area contributed by atoms with Crippen molar-refractivity contribution in [1.29, 1.82) is 0 Å². The van der Waals surface area contributed by atoms with E-state index in [1.807, 2.05) is 0 Å². The number of nitrogens with zero attached hydrogens (tertiary/aromatic N) is 1. The van der Waals surface area contributed by atoms with Crippen LogP contribution in [0.25, 0.3) is 0 Å². The number of hydrogen-bond acceptors (Lipinski definition) is 4. The molecular weight excluding hydrogens is 242 g/mol. The van der Waals surface area contributed by atoms with Gasteiger partial charge in [0.05, 0.1) is 24.4 Å². The second-order valence-corrected chi connectivity index (χ2v) is 3.77. The molecule has 4 nitrogen and oxygen atoms in total. The van der Waals surface area contributed by atoms with Gasteiger partial charge in [-0.05, 0) is 25.5 Å². The van der Waals surface area contributed by atoms with Crippen LogP contribution in [-0.4, -0.2) is 17.6 Å². The number of alkyl halides is 2. The molecule has 100 valence electrons. The Morgan fingerprint density at radius 2 is 2.17 bits per heavy atom. The van der Waals surface area contributed by atoms with Crippen LogP contribution >= 0.6 is 0 Å². The molecule has 0 aliphatic rings. The van der Waals surface area contributed by atoms with Gasteiger partial charge in [0.1, 0.15) is 0 Å². The monoisotopic (exact) mass is 258 g/mol. The number of nitrogens with two attached hydrogens (primary N) is 1. The van der Waals surface area contributed by atoms with E-state index in [9.17, 15) is 13.6 Å². The van der Waals surface area contributed by atoms with Crippen LogP contribution < -0.4 is 5.73 Å². The minimum Gasteiger partial charge on any atom is -0.466 e. The molecule has 0 spiro atoms. The van der Waals surface area contributed by atoms with Crippen molar-refractivity contribution >= 4 is 5.97 Å². The van der Waals surface area contributed by atoms with E-state index < -0.39 is 12.4 Å². The van der Waals surface area contributed by atoms with Crippen LogP contribution in [-0.2, 0) is 22.5 Å². The Kier molecular flexibility index (Phi) is 5.15. The molecular formula is C12H16F2N2O2. The highest BCUT2D eigenvalue weighted by atomic mass is 19.3. The summed E-state index contributed by atoms with van der Waals surface area (Å²) in [6.45, 7) is 3.67. The summed E-state index contributed by atoms with van der Waals surface area (Å²) in [5.41, 5.74) is 6.38. The maximum absolute atomic E-state index is 12.9. The lowest BCUT2D eigenvalue weighted by atomic mass is 10.1. The second-order valence-electron chi connectivity index (χ2n) is 3.77. The van der Waals surface area contributed by atoms with Crippen LogP contribution in [0.2, 0.25) is 0 Å². The predicted molar refractivity (Wildman–Crippen MR) is 62.2 cm³/mol. The first-order valence-electron chi connectivity index (χ1n) is 5.62. The molecule has 1 heterocycles. The van der Waals surface area contributed by atoms with Crippen molar-refractivity contribution in [3.63, 3.8) is 0 Å². The molecule has 0 aliphatic carbocycles. The van der Waals surface area contributed by atoms with E-state index in [-0.39, 0.29) is 30.8 Å². The molecule has 0 saturated carbocycles. The number of aryl methyl sites for hydroxylation is 1. The molecule has 0 fully saturated rings. The molecule has 0 atom stereocenters. The Bertz CT molecular complexity index is 436. The lowest BCUT2D eigenvalue weighted by Crippen LogP contribution is -2.14. The lowest BCUT2D eigenvalue weighted by molar-refractivity contribution is -0.142. The highest BCUT2D eigenvalue weighted by Gasteiger charge is 2.19. The standard InChI is InChI=1S/C12H16F2N2O2/c1-3-18-11(17)5-9-8(12(13)14)4-7(2)10(6-15)16-9/h4,12H,3,5-6,15H2,1-2H3. The largest absolute Gasteiger partial charge is 0.466 e. The molecule has 18 heavy (non-hydrogen) atoms. The zero-order chi connectivity index (χ0) is 13.7. The van der Waals surface area contributed by atoms with Gasteiger partial charge in [-0.15, -0.1) is 0 Å². The molecule has 1 aromatic rings. The topological polar surface area (TPSA) is 65.2 Å². The van der Waals surface area contributed by atoms with Gasteiger partial charge in [0.2, 0.25) is 0 Å². The van der Waals surface area contributed by atoms with Crippen LogP contribution in [0.4, 0.5) is 8.78 Å². The number of ether oxygens (including phenoxy) is 1. The first-order chi connectivity index (χ1) is 8.49. The number of carbonyl (C=O) groups excluding carboxylic acids is 1. The number of hydrogen-bond donors (Lipinski definition) is 1. The average Bonchev–Trinajstić information content (AvgIpc) is 2.30. The summed E-state index contributed by atoms with van der Waals surface area (Å²) in [6, 6.07) is 1.33. The minimum absolute atomic E-state index is 0.0366. The van der Waals surface area contributed by atoms with E-state index >= 15 is 0 Å². The van der Waals surface area contributed by atoms with Crippen LogP contribution in [0, 0.1) is 6.92 Å². The van der Waals surface area contributed by atoms with E-state index in [0.29, 0.717) is 11.3 Å². The van der Waals surface area contributed by atoms with Gasteiger partial charge in [-0.1, -0.05) is 0 Å². The number of carbonyl (C=O) groups is 1. The van der Waals surface area contributed by atoms with Gasteiger partial charge in [-0.25, -0.2) is 8.78 Å². The van der Waals surface area contributed by atoms with Crippen LogP contribution in [0.3, 0.4) is 0 Å². The van der Waals surface area contributed by atoms with E-state index in [1.165, 1.54) is 6.07 Å². The fourth-order valence-electron chi connectivity index (χ4n) is 1.60. The number of rotatable bonds is 5. The van der Waals surface area contributed by atoms with Gasteiger partial charge in [0.15, 0.2) is 0 Å².